The molecule has 1 amide bonds. The van der Waals surface area contributed by atoms with Crippen molar-refractivity contribution in [3.63, 3.8) is 0 Å². The van der Waals surface area contributed by atoms with Crippen molar-refractivity contribution < 1.29 is 9.21 Å². The normalized spacial score (nSPS) is 21.3. The van der Waals surface area contributed by atoms with Crippen LogP contribution in [0.3, 0.4) is 0 Å². The molecule has 1 aromatic heterocycles. The summed E-state index contributed by atoms with van der Waals surface area (Å²) in [5.74, 6) is 0.645. The predicted octanol–water partition coefficient (Wildman–Crippen LogP) is 1.07. The van der Waals surface area contributed by atoms with E-state index in [-0.39, 0.29) is 11.9 Å². The molecule has 1 saturated heterocycles. The molecule has 2 rings (SSSR count). The van der Waals surface area contributed by atoms with E-state index < -0.39 is 0 Å². The van der Waals surface area contributed by atoms with E-state index in [2.05, 4.69) is 10.6 Å². The van der Waals surface area contributed by atoms with Crippen LogP contribution < -0.4 is 10.6 Å². The number of hydrogen-bond acceptors (Lipinski definition) is 3. The van der Waals surface area contributed by atoms with Gasteiger partial charge in [0, 0.05) is 12.6 Å². The van der Waals surface area contributed by atoms with Gasteiger partial charge in [-0.1, -0.05) is 0 Å². The van der Waals surface area contributed by atoms with Gasteiger partial charge in [-0.3, -0.25) is 4.79 Å². The lowest BCUT2D eigenvalue weighted by Gasteiger charge is -2.23. The number of hydrogen-bond donors (Lipinski definition) is 2. The molecule has 0 saturated carbocycles. The van der Waals surface area contributed by atoms with Crippen LogP contribution >= 0.6 is 0 Å². The molecule has 0 aromatic carbocycles. The third-order valence-electron chi connectivity index (χ3n) is 2.74. The lowest BCUT2D eigenvalue weighted by molar-refractivity contribution is 0.0929. The molecule has 1 aliphatic rings. The van der Waals surface area contributed by atoms with Gasteiger partial charge in [0.1, 0.15) is 5.76 Å². The van der Waals surface area contributed by atoms with Crippen molar-refractivity contribution in [2.24, 2.45) is 0 Å². The maximum atomic E-state index is 11.8. The van der Waals surface area contributed by atoms with Gasteiger partial charge in [0.2, 0.25) is 0 Å². The second-order valence-corrected chi connectivity index (χ2v) is 3.91. The van der Waals surface area contributed by atoms with Gasteiger partial charge in [-0.15, -0.1) is 0 Å². The quantitative estimate of drug-likeness (QED) is 0.764. The predicted molar refractivity (Wildman–Crippen MR) is 56.8 cm³/mol. The number of nitrogens with one attached hydrogen (secondary N) is 2. The summed E-state index contributed by atoms with van der Waals surface area (Å²) in [7, 11) is 0. The van der Waals surface area contributed by atoms with Crippen LogP contribution in [0.5, 0.6) is 0 Å². The topological polar surface area (TPSA) is 54.3 Å². The summed E-state index contributed by atoms with van der Waals surface area (Å²) in [4.78, 5) is 11.8. The van der Waals surface area contributed by atoms with Crippen LogP contribution in [0.2, 0.25) is 0 Å². The molecule has 0 spiro atoms. The Morgan fingerprint density at radius 3 is 3.13 bits per heavy atom. The molecule has 4 nitrogen and oxygen atoms in total. The van der Waals surface area contributed by atoms with E-state index in [1.165, 1.54) is 0 Å². The molecule has 0 radical (unpaired) electrons. The number of piperidine rings is 1. The number of carbonyl (C=O) groups excluding carboxylic acids is 1. The zero-order valence-corrected chi connectivity index (χ0v) is 8.88. The minimum Gasteiger partial charge on any atom is -0.469 e. The molecule has 1 fully saturated rings. The summed E-state index contributed by atoms with van der Waals surface area (Å²) in [5, 5.41) is 6.26. The Morgan fingerprint density at radius 2 is 2.53 bits per heavy atom. The fraction of sp³-hybridized carbons (Fsp3) is 0.545. The summed E-state index contributed by atoms with van der Waals surface area (Å²) in [6.07, 6.45) is 3.72. The first kappa shape index (κ1) is 10.2. The van der Waals surface area contributed by atoms with Crippen LogP contribution in [0.4, 0.5) is 0 Å². The molecule has 1 atom stereocenters. The lowest BCUT2D eigenvalue weighted by Crippen LogP contribution is -2.45. The van der Waals surface area contributed by atoms with E-state index in [9.17, 15) is 4.79 Å². The molecule has 1 aromatic rings. The summed E-state index contributed by atoms with van der Waals surface area (Å²) >= 11 is 0. The number of carbonyl (C=O) groups is 1. The van der Waals surface area contributed by atoms with Crippen molar-refractivity contribution in [2.45, 2.75) is 25.8 Å². The highest BCUT2D eigenvalue weighted by molar-refractivity contribution is 5.95. The third-order valence-corrected chi connectivity index (χ3v) is 2.74. The Morgan fingerprint density at radius 1 is 1.67 bits per heavy atom. The standard InChI is InChI=1S/C11H16N2O2/c1-8-10(4-6-15-8)11(14)13-9-3-2-5-12-7-9/h4,6,9,12H,2-3,5,7H2,1H3,(H,13,14). The van der Waals surface area contributed by atoms with Crippen LogP contribution in [-0.2, 0) is 0 Å². The second kappa shape index (κ2) is 4.49. The molecular weight excluding hydrogens is 192 g/mol. The van der Waals surface area contributed by atoms with Crippen LogP contribution in [0.15, 0.2) is 16.7 Å². The SMILES string of the molecule is Cc1occc1C(=O)NC1CCCNC1. The minimum absolute atomic E-state index is 0.0325. The van der Waals surface area contributed by atoms with Crippen molar-refractivity contribution in [3.05, 3.63) is 23.7 Å². The van der Waals surface area contributed by atoms with Crippen molar-refractivity contribution in [1.82, 2.24) is 10.6 Å². The van der Waals surface area contributed by atoms with E-state index >= 15 is 0 Å². The summed E-state index contributed by atoms with van der Waals surface area (Å²) in [6, 6.07) is 1.96. The first-order valence-corrected chi connectivity index (χ1v) is 5.33. The van der Waals surface area contributed by atoms with Gasteiger partial charge >= 0.3 is 0 Å². The Balaban J connectivity index is 1.94. The summed E-state index contributed by atoms with van der Waals surface area (Å²) in [6.45, 7) is 3.72. The smallest absolute Gasteiger partial charge is 0.255 e. The molecule has 4 heteroatoms. The largest absolute Gasteiger partial charge is 0.469 e. The van der Waals surface area contributed by atoms with E-state index in [4.69, 9.17) is 4.42 Å². The summed E-state index contributed by atoms with van der Waals surface area (Å²) in [5.41, 5.74) is 0.639. The molecule has 15 heavy (non-hydrogen) atoms. The van der Waals surface area contributed by atoms with Gasteiger partial charge in [0.05, 0.1) is 11.8 Å². The Labute approximate surface area is 89.0 Å². The van der Waals surface area contributed by atoms with E-state index in [1.54, 1.807) is 19.3 Å². The van der Waals surface area contributed by atoms with E-state index in [0.717, 1.165) is 25.9 Å². The third kappa shape index (κ3) is 2.39. The molecule has 1 unspecified atom stereocenters. The highest BCUT2D eigenvalue weighted by Crippen LogP contribution is 2.09. The zero-order valence-electron chi connectivity index (χ0n) is 8.88. The molecule has 2 heterocycles. The van der Waals surface area contributed by atoms with Gasteiger partial charge in [-0.25, -0.2) is 0 Å². The van der Waals surface area contributed by atoms with Crippen LogP contribution in [0, 0.1) is 6.92 Å². The number of amides is 1. The first-order valence-electron chi connectivity index (χ1n) is 5.33. The van der Waals surface area contributed by atoms with Crippen molar-refractivity contribution in [1.29, 1.82) is 0 Å². The second-order valence-electron chi connectivity index (χ2n) is 3.91. The zero-order chi connectivity index (χ0) is 10.7. The van der Waals surface area contributed by atoms with Crippen molar-refractivity contribution >= 4 is 5.91 Å². The molecule has 1 aliphatic heterocycles. The van der Waals surface area contributed by atoms with Gasteiger partial charge in [0.15, 0.2) is 0 Å². The average Bonchev–Trinajstić information content (AvgIpc) is 2.66. The highest BCUT2D eigenvalue weighted by atomic mass is 16.3. The number of furan rings is 1. The monoisotopic (exact) mass is 208 g/mol. The Bertz CT molecular complexity index is 340. The Hall–Kier alpha value is -1.29. The number of aryl methyl sites for hydroxylation is 1. The molecule has 0 bridgehead atoms. The van der Waals surface area contributed by atoms with Crippen LogP contribution in [0.1, 0.15) is 29.0 Å². The fourth-order valence-corrected chi connectivity index (χ4v) is 1.86. The van der Waals surface area contributed by atoms with Gasteiger partial charge in [0.25, 0.3) is 5.91 Å². The van der Waals surface area contributed by atoms with Gasteiger partial charge in [-0.05, 0) is 32.4 Å². The van der Waals surface area contributed by atoms with Crippen molar-refractivity contribution in [2.75, 3.05) is 13.1 Å². The van der Waals surface area contributed by atoms with Crippen LogP contribution in [-0.4, -0.2) is 25.0 Å². The molecule has 0 aliphatic carbocycles. The van der Waals surface area contributed by atoms with E-state index in [1.807, 2.05) is 0 Å². The highest BCUT2D eigenvalue weighted by Gasteiger charge is 2.18. The Kier molecular flexibility index (Phi) is 3.06. The summed E-state index contributed by atoms with van der Waals surface area (Å²) < 4.78 is 5.10. The lowest BCUT2D eigenvalue weighted by atomic mass is 10.1. The minimum atomic E-state index is -0.0325. The maximum absolute atomic E-state index is 11.8. The van der Waals surface area contributed by atoms with Gasteiger partial charge < -0.3 is 15.1 Å². The van der Waals surface area contributed by atoms with Crippen LogP contribution in [0.25, 0.3) is 0 Å². The number of rotatable bonds is 2. The average molecular weight is 208 g/mol. The van der Waals surface area contributed by atoms with E-state index in [0.29, 0.717) is 11.3 Å². The maximum Gasteiger partial charge on any atom is 0.255 e. The molecule has 2 N–H and O–H groups in total. The molecular formula is C11H16N2O2. The van der Waals surface area contributed by atoms with Crippen molar-refractivity contribution in [3.8, 4) is 0 Å². The first-order chi connectivity index (χ1) is 7.27. The molecule has 82 valence electrons. The van der Waals surface area contributed by atoms with Gasteiger partial charge in [-0.2, -0.15) is 0 Å². The fourth-order valence-electron chi connectivity index (χ4n) is 1.86.